The van der Waals surface area contributed by atoms with Gasteiger partial charge in [0.2, 0.25) is 0 Å². The maximum absolute atomic E-state index is 13.2. The highest BCUT2D eigenvalue weighted by Gasteiger charge is 2.30. The first kappa shape index (κ1) is 15.8. The van der Waals surface area contributed by atoms with Gasteiger partial charge < -0.3 is 15.4 Å². The number of ether oxygens (including phenoxy) is 1. The summed E-state index contributed by atoms with van der Waals surface area (Å²) in [4.78, 5) is 11.8. The fourth-order valence-electron chi connectivity index (χ4n) is 2.54. The van der Waals surface area contributed by atoms with E-state index in [9.17, 15) is 9.18 Å². The molecule has 1 aliphatic rings. The lowest BCUT2D eigenvalue weighted by Crippen LogP contribution is -2.43. The van der Waals surface area contributed by atoms with Crippen LogP contribution < -0.4 is 10.6 Å². The molecule has 1 fully saturated rings. The van der Waals surface area contributed by atoms with Crippen LogP contribution in [-0.4, -0.2) is 30.8 Å². The Bertz CT molecular complexity index is 499. The molecule has 1 aromatic carbocycles. The van der Waals surface area contributed by atoms with Gasteiger partial charge in [0.1, 0.15) is 11.4 Å². The van der Waals surface area contributed by atoms with Gasteiger partial charge in [-0.25, -0.2) is 9.18 Å². The number of nitrogens with one attached hydrogen (secondary N) is 2. The van der Waals surface area contributed by atoms with E-state index in [2.05, 4.69) is 10.6 Å². The molecule has 21 heavy (non-hydrogen) atoms. The highest BCUT2D eigenvalue weighted by molar-refractivity contribution is 5.68. The van der Waals surface area contributed by atoms with E-state index in [1.165, 1.54) is 6.07 Å². The molecule has 1 aromatic rings. The van der Waals surface area contributed by atoms with Crippen molar-refractivity contribution in [2.45, 2.75) is 38.8 Å². The van der Waals surface area contributed by atoms with Crippen LogP contribution in [0.2, 0.25) is 0 Å². The second kappa shape index (κ2) is 6.43. The van der Waals surface area contributed by atoms with E-state index in [0.29, 0.717) is 6.54 Å². The summed E-state index contributed by atoms with van der Waals surface area (Å²) < 4.78 is 18.5. The van der Waals surface area contributed by atoms with Gasteiger partial charge >= 0.3 is 6.09 Å². The van der Waals surface area contributed by atoms with Gasteiger partial charge in [0.25, 0.3) is 0 Å². The Labute approximate surface area is 125 Å². The number of alkyl carbamates (subject to hydrolysis) is 1. The van der Waals surface area contributed by atoms with Gasteiger partial charge in [0.05, 0.1) is 0 Å². The molecule has 0 bridgehead atoms. The average Bonchev–Trinajstić information content (AvgIpc) is 2.74. The Morgan fingerprint density at radius 3 is 2.86 bits per heavy atom. The lowest BCUT2D eigenvalue weighted by Gasteiger charge is -2.24. The fraction of sp³-hybridized carbons (Fsp3) is 0.562. The molecule has 0 aromatic heterocycles. The zero-order chi connectivity index (χ0) is 15.5. The Kier molecular flexibility index (Phi) is 4.83. The molecule has 1 amide bonds. The number of carbonyl (C=O) groups excluding carboxylic acids is 1. The van der Waals surface area contributed by atoms with Crippen LogP contribution >= 0.6 is 0 Å². The number of halogens is 1. The second-order valence-electron chi connectivity index (χ2n) is 6.51. The zero-order valence-corrected chi connectivity index (χ0v) is 12.8. The Morgan fingerprint density at radius 1 is 1.43 bits per heavy atom. The van der Waals surface area contributed by atoms with Crippen molar-refractivity contribution >= 4 is 6.09 Å². The van der Waals surface area contributed by atoms with Gasteiger partial charge in [0, 0.05) is 19.1 Å². The lowest BCUT2D eigenvalue weighted by molar-refractivity contribution is 0.0497. The molecule has 5 heteroatoms. The van der Waals surface area contributed by atoms with Crippen LogP contribution in [0.4, 0.5) is 9.18 Å². The molecular formula is C16H23FN2O2. The van der Waals surface area contributed by atoms with Crippen LogP contribution in [0.3, 0.4) is 0 Å². The highest BCUT2D eigenvalue weighted by Crippen LogP contribution is 2.17. The number of carbonyl (C=O) groups is 1. The van der Waals surface area contributed by atoms with Crippen LogP contribution in [0.15, 0.2) is 24.3 Å². The van der Waals surface area contributed by atoms with Crippen LogP contribution in [0.1, 0.15) is 26.3 Å². The van der Waals surface area contributed by atoms with Crippen molar-refractivity contribution in [1.82, 2.24) is 10.6 Å². The van der Waals surface area contributed by atoms with Crippen LogP contribution in [0.5, 0.6) is 0 Å². The van der Waals surface area contributed by atoms with E-state index in [-0.39, 0.29) is 17.8 Å². The number of amides is 1. The van der Waals surface area contributed by atoms with E-state index in [4.69, 9.17) is 4.74 Å². The summed E-state index contributed by atoms with van der Waals surface area (Å²) in [6.07, 6.45) is 0.325. The molecule has 2 rings (SSSR count). The summed E-state index contributed by atoms with van der Waals surface area (Å²) in [6.45, 7) is 7.02. The summed E-state index contributed by atoms with van der Waals surface area (Å²) >= 11 is 0. The molecule has 1 aliphatic heterocycles. The molecule has 2 atom stereocenters. The molecule has 4 nitrogen and oxygen atoms in total. The molecular weight excluding hydrogens is 271 g/mol. The topological polar surface area (TPSA) is 50.4 Å². The van der Waals surface area contributed by atoms with Crippen molar-refractivity contribution in [2.24, 2.45) is 5.92 Å². The largest absolute Gasteiger partial charge is 0.444 e. The molecule has 0 aliphatic carbocycles. The van der Waals surface area contributed by atoms with E-state index >= 15 is 0 Å². The second-order valence-corrected chi connectivity index (χ2v) is 6.51. The molecule has 0 spiro atoms. The minimum Gasteiger partial charge on any atom is -0.444 e. The number of hydrogen-bond donors (Lipinski definition) is 2. The van der Waals surface area contributed by atoms with Crippen molar-refractivity contribution in [3.05, 3.63) is 35.6 Å². The third-order valence-electron chi connectivity index (χ3n) is 3.43. The third kappa shape index (κ3) is 5.01. The van der Waals surface area contributed by atoms with Crippen molar-refractivity contribution < 1.29 is 13.9 Å². The van der Waals surface area contributed by atoms with E-state index in [0.717, 1.165) is 18.5 Å². The summed E-state index contributed by atoms with van der Waals surface area (Å²) in [5, 5.41) is 6.16. The SMILES string of the molecule is CC(C)(C)OC(=O)NC1CNCC1Cc1cccc(F)c1. The molecule has 1 heterocycles. The predicted molar refractivity (Wildman–Crippen MR) is 79.6 cm³/mol. The fourth-order valence-corrected chi connectivity index (χ4v) is 2.54. The van der Waals surface area contributed by atoms with Crippen LogP contribution in [-0.2, 0) is 11.2 Å². The monoisotopic (exact) mass is 294 g/mol. The first-order valence-electron chi connectivity index (χ1n) is 7.28. The number of hydrogen-bond acceptors (Lipinski definition) is 3. The number of rotatable bonds is 3. The normalized spacial score (nSPS) is 22.1. The van der Waals surface area contributed by atoms with Crippen molar-refractivity contribution in [3.63, 3.8) is 0 Å². The van der Waals surface area contributed by atoms with Gasteiger partial charge in [-0.05, 0) is 50.8 Å². The average molecular weight is 294 g/mol. The Morgan fingerprint density at radius 2 is 2.19 bits per heavy atom. The molecule has 2 unspecified atom stereocenters. The maximum Gasteiger partial charge on any atom is 0.407 e. The molecule has 116 valence electrons. The smallest absolute Gasteiger partial charge is 0.407 e. The quantitative estimate of drug-likeness (QED) is 0.900. The first-order valence-corrected chi connectivity index (χ1v) is 7.28. The van der Waals surface area contributed by atoms with Crippen molar-refractivity contribution in [2.75, 3.05) is 13.1 Å². The predicted octanol–water partition coefficient (Wildman–Crippen LogP) is 2.48. The molecule has 1 saturated heterocycles. The molecule has 0 radical (unpaired) electrons. The third-order valence-corrected chi connectivity index (χ3v) is 3.43. The summed E-state index contributed by atoms with van der Waals surface area (Å²) in [5.74, 6) is 0.00873. The minimum absolute atomic E-state index is 0.00289. The van der Waals surface area contributed by atoms with E-state index in [1.807, 2.05) is 26.8 Å². The summed E-state index contributed by atoms with van der Waals surface area (Å²) in [5.41, 5.74) is 0.438. The van der Waals surface area contributed by atoms with Gasteiger partial charge in [-0.1, -0.05) is 12.1 Å². The van der Waals surface area contributed by atoms with E-state index < -0.39 is 11.7 Å². The molecule has 0 saturated carbocycles. The van der Waals surface area contributed by atoms with Crippen molar-refractivity contribution in [1.29, 1.82) is 0 Å². The summed E-state index contributed by atoms with van der Waals surface area (Å²) in [7, 11) is 0. The van der Waals surface area contributed by atoms with Crippen molar-refractivity contribution in [3.8, 4) is 0 Å². The standard InChI is InChI=1S/C16H23FN2O2/c1-16(2,3)21-15(20)19-14-10-18-9-12(14)7-11-5-4-6-13(17)8-11/h4-6,8,12,14,18H,7,9-10H2,1-3H3,(H,19,20). The van der Waals surface area contributed by atoms with Crippen LogP contribution in [0, 0.1) is 11.7 Å². The zero-order valence-electron chi connectivity index (χ0n) is 12.8. The van der Waals surface area contributed by atoms with Gasteiger partial charge in [0.15, 0.2) is 0 Å². The minimum atomic E-state index is -0.506. The maximum atomic E-state index is 13.2. The van der Waals surface area contributed by atoms with Gasteiger partial charge in [-0.2, -0.15) is 0 Å². The Balaban J connectivity index is 1.93. The van der Waals surface area contributed by atoms with Gasteiger partial charge in [-0.15, -0.1) is 0 Å². The lowest BCUT2D eigenvalue weighted by atomic mass is 9.95. The van der Waals surface area contributed by atoms with Gasteiger partial charge in [-0.3, -0.25) is 0 Å². The Hall–Kier alpha value is -1.62. The molecule has 2 N–H and O–H groups in total. The number of benzene rings is 1. The van der Waals surface area contributed by atoms with E-state index in [1.54, 1.807) is 12.1 Å². The highest BCUT2D eigenvalue weighted by atomic mass is 19.1. The van der Waals surface area contributed by atoms with Crippen LogP contribution in [0.25, 0.3) is 0 Å². The summed E-state index contributed by atoms with van der Waals surface area (Å²) in [6, 6.07) is 6.61. The first-order chi connectivity index (χ1) is 9.83.